The van der Waals surface area contributed by atoms with Crippen LogP contribution in [-0.2, 0) is 4.74 Å². The molecule has 2 rings (SSSR count). The number of halogens is 1. The van der Waals surface area contributed by atoms with E-state index in [1.165, 1.54) is 0 Å². The maximum Gasteiger partial charge on any atom is 0.241 e. The Morgan fingerprint density at radius 2 is 2.15 bits per heavy atom. The summed E-state index contributed by atoms with van der Waals surface area (Å²) in [6.07, 6.45) is 8.18. The zero-order valence-electron chi connectivity index (χ0n) is 11.3. The lowest BCUT2D eigenvalue weighted by atomic mass is 10.2. The van der Waals surface area contributed by atoms with Crippen molar-refractivity contribution in [2.75, 3.05) is 25.6 Å². The molecule has 7 nitrogen and oxygen atoms in total. The molecular formula is C12H17ClN6O. The summed E-state index contributed by atoms with van der Waals surface area (Å²) in [5, 5.41) is 3.30. The van der Waals surface area contributed by atoms with Gasteiger partial charge in [0.15, 0.2) is 0 Å². The Morgan fingerprint density at radius 3 is 2.90 bits per heavy atom. The van der Waals surface area contributed by atoms with Crippen molar-refractivity contribution in [2.24, 2.45) is 0 Å². The lowest BCUT2D eigenvalue weighted by molar-refractivity contribution is 0.192. The summed E-state index contributed by atoms with van der Waals surface area (Å²) >= 11 is 5.90. The van der Waals surface area contributed by atoms with Crippen molar-refractivity contribution in [1.29, 1.82) is 0 Å². The largest absolute Gasteiger partial charge is 0.385 e. The summed E-state index contributed by atoms with van der Waals surface area (Å²) in [5.74, 6) is 0.921. The van der Waals surface area contributed by atoms with Gasteiger partial charge in [0.25, 0.3) is 0 Å². The molecular weight excluding hydrogens is 280 g/mol. The van der Waals surface area contributed by atoms with Crippen molar-refractivity contribution < 1.29 is 4.74 Å². The summed E-state index contributed by atoms with van der Waals surface area (Å²) in [4.78, 5) is 16.3. The number of unbranched alkanes of at least 4 members (excludes halogenated alkanes) is 2. The van der Waals surface area contributed by atoms with E-state index in [1.807, 2.05) is 0 Å². The van der Waals surface area contributed by atoms with Crippen molar-refractivity contribution in [2.45, 2.75) is 19.3 Å². The first kappa shape index (κ1) is 14.7. The van der Waals surface area contributed by atoms with Gasteiger partial charge in [-0.05, 0) is 30.9 Å². The second-order valence-corrected chi connectivity index (χ2v) is 4.52. The van der Waals surface area contributed by atoms with Gasteiger partial charge in [-0.25, -0.2) is 4.98 Å². The Bertz CT molecular complexity index is 519. The fourth-order valence-corrected chi connectivity index (χ4v) is 1.82. The second kappa shape index (κ2) is 7.76. The van der Waals surface area contributed by atoms with E-state index in [4.69, 9.17) is 16.3 Å². The maximum atomic E-state index is 5.90. The number of hydrogen-bond acceptors (Lipinski definition) is 6. The van der Waals surface area contributed by atoms with Gasteiger partial charge < -0.3 is 10.1 Å². The van der Waals surface area contributed by atoms with E-state index in [-0.39, 0.29) is 5.28 Å². The molecule has 0 amide bonds. The molecule has 0 aliphatic rings. The zero-order valence-corrected chi connectivity index (χ0v) is 12.0. The van der Waals surface area contributed by atoms with Crippen LogP contribution in [0.2, 0.25) is 5.28 Å². The molecule has 2 aromatic rings. The molecule has 20 heavy (non-hydrogen) atoms. The van der Waals surface area contributed by atoms with Crippen LogP contribution in [0.25, 0.3) is 5.95 Å². The third-order valence-corrected chi connectivity index (χ3v) is 2.81. The van der Waals surface area contributed by atoms with Crippen LogP contribution < -0.4 is 5.32 Å². The topological polar surface area (TPSA) is 77.8 Å². The average Bonchev–Trinajstić information content (AvgIpc) is 2.96. The van der Waals surface area contributed by atoms with Crippen molar-refractivity contribution >= 4 is 17.5 Å². The molecule has 0 unspecified atom stereocenters. The Morgan fingerprint density at radius 1 is 1.25 bits per heavy atom. The smallest absolute Gasteiger partial charge is 0.241 e. The molecule has 2 heterocycles. The zero-order chi connectivity index (χ0) is 14.2. The highest BCUT2D eigenvalue weighted by atomic mass is 35.5. The highest BCUT2D eigenvalue weighted by molar-refractivity contribution is 6.28. The number of aromatic nitrogens is 5. The third-order valence-electron chi connectivity index (χ3n) is 2.64. The summed E-state index contributed by atoms with van der Waals surface area (Å²) < 4.78 is 6.68. The number of methoxy groups -OCH3 is 1. The van der Waals surface area contributed by atoms with Crippen LogP contribution >= 0.6 is 11.6 Å². The van der Waals surface area contributed by atoms with Crippen molar-refractivity contribution in [3.8, 4) is 5.95 Å². The molecule has 0 spiro atoms. The predicted octanol–water partition coefficient (Wildman–Crippen LogP) is 1.94. The molecule has 0 fully saturated rings. The van der Waals surface area contributed by atoms with Gasteiger partial charge in [-0.15, -0.1) is 0 Å². The maximum absolute atomic E-state index is 5.90. The Hall–Kier alpha value is -1.73. The second-order valence-electron chi connectivity index (χ2n) is 4.18. The normalized spacial score (nSPS) is 10.7. The van der Waals surface area contributed by atoms with E-state index < -0.39 is 0 Å². The van der Waals surface area contributed by atoms with Gasteiger partial charge in [0.2, 0.25) is 17.2 Å². The average molecular weight is 297 g/mol. The molecule has 0 aromatic carbocycles. The molecule has 0 aliphatic carbocycles. The van der Waals surface area contributed by atoms with Crippen LogP contribution in [0.4, 0.5) is 5.95 Å². The van der Waals surface area contributed by atoms with Crippen molar-refractivity contribution in [3.63, 3.8) is 0 Å². The Balaban J connectivity index is 1.88. The minimum Gasteiger partial charge on any atom is -0.385 e. The predicted molar refractivity (Wildman–Crippen MR) is 76.2 cm³/mol. The minimum atomic E-state index is 0.158. The number of imidazole rings is 1. The van der Waals surface area contributed by atoms with E-state index in [1.54, 1.807) is 30.4 Å². The van der Waals surface area contributed by atoms with Crippen LogP contribution in [-0.4, -0.2) is 44.8 Å². The lowest BCUT2D eigenvalue weighted by Crippen LogP contribution is -2.09. The first-order valence-electron chi connectivity index (χ1n) is 6.42. The van der Waals surface area contributed by atoms with Gasteiger partial charge in [-0.2, -0.15) is 15.0 Å². The standard InChI is InChI=1S/C12H17ClN6O/c1-20-8-4-2-3-5-15-11-16-10(13)17-12(18-11)19-7-6-14-9-19/h6-7,9H,2-5,8H2,1H3,(H,15,16,17,18). The Labute approximate surface area is 122 Å². The van der Waals surface area contributed by atoms with E-state index in [0.29, 0.717) is 11.9 Å². The molecule has 0 atom stereocenters. The summed E-state index contributed by atoms with van der Waals surface area (Å²) in [7, 11) is 1.71. The van der Waals surface area contributed by atoms with Crippen LogP contribution in [0.3, 0.4) is 0 Å². The highest BCUT2D eigenvalue weighted by Crippen LogP contribution is 2.09. The van der Waals surface area contributed by atoms with E-state index in [9.17, 15) is 0 Å². The summed E-state index contributed by atoms with van der Waals surface area (Å²) in [6, 6.07) is 0. The molecule has 8 heteroatoms. The van der Waals surface area contributed by atoms with E-state index >= 15 is 0 Å². The number of nitrogens with zero attached hydrogens (tertiary/aromatic N) is 5. The van der Waals surface area contributed by atoms with Gasteiger partial charge in [0, 0.05) is 32.7 Å². The fraction of sp³-hybridized carbons (Fsp3) is 0.500. The number of ether oxygens (including phenoxy) is 1. The van der Waals surface area contributed by atoms with Crippen LogP contribution in [0, 0.1) is 0 Å². The van der Waals surface area contributed by atoms with Crippen LogP contribution in [0.1, 0.15) is 19.3 Å². The minimum absolute atomic E-state index is 0.158. The van der Waals surface area contributed by atoms with Gasteiger partial charge >= 0.3 is 0 Å². The van der Waals surface area contributed by atoms with Gasteiger partial charge in [-0.1, -0.05) is 0 Å². The molecule has 1 N–H and O–H groups in total. The third kappa shape index (κ3) is 4.43. The fourth-order valence-electron chi connectivity index (χ4n) is 1.66. The molecule has 2 aromatic heterocycles. The van der Waals surface area contributed by atoms with E-state index in [2.05, 4.69) is 25.3 Å². The summed E-state index contributed by atoms with van der Waals surface area (Å²) in [6.45, 7) is 1.58. The summed E-state index contributed by atoms with van der Waals surface area (Å²) in [5.41, 5.74) is 0. The first-order chi connectivity index (χ1) is 9.79. The lowest BCUT2D eigenvalue weighted by Gasteiger charge is -2.07. The molecule has 108 valence electrons. The molecule has 0 aliphatic heterocycles. The number of hydrogen-bond donors (Lipinski definition) is 1. The Kier molecular flexibility index (Phi) is 5.69. The SMILES string of the molecule is COCCCCCNc1nc(Cl)nc(-n2ccnc2)n1. The van der Waals surface area contributed by atoms with Crippen molar-refractivity contribution in [3.05, 3.63) is 24.0 Å². The first-order valence-corrected chi connectivity index (χ1v) is 6.80. The number of nitrogens with one attached hydrogen (secondary N) is 1. The van der Waals surface area contributed by atoms with Gasteiger partial charge in [-0.3, -0.25) is 4.57 Å². The molecule has 0 radical (unpaired) electrons. The highest BCUT2D eigenvalue weighted by Gasteiger charge is 2.06. The van der Waals surface area contributed by atoms with Gasteiger partial charge in [0.1, 0.15) is 6.33 Å². The monoisotopic (exact) mass is 296 g/mol. The quantitative estimate of drug-likeness (QED) is 0.750. The van der Waals surface area contributed by atoms with Gasteiger partial charge in [0.05, 0.1) is 0 Å². The van der Waals surface area contributed by atoms with Crippen LogP contribution in [0.15, 0.2) is 18.7 Å². The molecule has 0 saturated carbocycles. The van der Waals surface area contributed by atoms with Crippen LogP contribution in [0.5, 0.6) is 0 Å². The molecule has 0 saturated heterocycles. The van der Waals surface area contributed by atoms with E-state index in [0.717, 1.165) is 32.4 Å². The number of rotatable bonds is 8. The van der Waals surface area contributed by atoms with Crippen molar-refractivity contribution in [1.82, 2.24) is 24.5 Å². The molecule has 0 bridgehead atoms. The number of anilines is 1.